The zero-order chi connectivity index (χ0) is 24.9. The fourth-order valence-electron chi connectivity index (χ4n) is 5.92. The third-order valence-electron chi connectivity index (χ3n) is 7.60. The Morgan fingerprint density at radius 2 is 1.67 bits per heavy atom. The highest BCUT2D eigenvalue weighted by Gasteiger charge is 2.39. The van der Waals surface area contributed by atoms with Crippen LogP contribution in [0.5, 0.6) is 0 Å². The van der Waals surface area contributed by atoms with Crippen molar-refractivity contribution in [2.24, 2.45) is 0 Å². The number of pyridine rings is 1. The molecule has 1 aliphatic carbocycles. The molecule has 6 rings (SSSR count). The Kier molecular flexibility index (Phi) is 5.58. The van der Waals surface area contributed by atoms with Crippen molar-refractivity contribution >= 4 is 11.7 Å². The number of hydrogen-bond donors (Lipinski definition) is 0. The Morgan fingerprint density at radius 1 is 0.972 bits per heavy atom. The molecule has 184 valence electrons. The molecule has 2 aromatic carbocycles. The summed E-state index contributed by atoms with van der Waals surface area (Å²) < 4.78 is 44.7. The predicted molar refractivity (Wildman–Crippen MR) is 130 cm³/mol. The summed E-state index contributed by atoms with van der Waals surface area (Å²) in [6.07, 6.45) is 1.29. The van der Waals surface area contributed by atoms with Crippen LogP contribution in [0.4, 0.5) is 18.0 Å². The summed E-state index contributed by atoms with van der Waals surface area (Å²) in [5, 5.41) is 0. The highest BCUT2D eigenvalue weighted by atomic mass is 19.4. The summed E-state index contributed by atoms with van der Waals surface area (Å²) in [6, 6.07) is 18.7. The van der Waals surface area contributed by atoms with E-state index >= 15 is 0 Å². The number of ether oxygens (including phenoxy) is 1. The second-order valence-electron chi connectivity index (χ2n) is 9.69. The number of hydrogen-bond acceptors (Lipinski definition) is 3. The molecule has 2 aliphatic heterocycles. The van der Waals surface area contributed by atoms with Crippen LogP contribution in [-0.4, -0.2) is 34.7 Å². The highest BCUT2D eigenvalue weighted by Crippen LogP contribution is 2.45. The van der Waals surface area contributed by atoms with Crippen LogP contribution in [0, 0.1) is 0 Å². The summed E-state index contributed by atoms with van der Waals surface area (Å²) >= 11 is 0. The van der Waals surface area contributed by atoms with Gasteiger partial charge in [-0.25, -0.2) is 4.79 Å². The zero-order valence-corrected chi connectivity index (χ0v) is 19.5. The van der Waals surface area contributed by atoms with Gasteiger partial charge in [0.25, 0.3) is 0 Å². The summed E-state index contributed by atoms with van der Waals surface area (Å²) in [5.41, 5.74) is 5.36. The number of carbonyl (C=O) groups is 1. The molecule has 2 bridgehead atoms. The lowest BCUT2D eigenvalue weighted by Gasteiger charge is -2.44. The van der Waals surface area contributed by atoms with Gasteiger partial charge in [-0.15, -0.1) is 0 Å². The number of fused-ring (bicyclic) bond motifs is 5. The monoisotopic (exact) mass is 490 g/mol. The van der Waals surface area contributed by atoms with E-state index in [4.69, 9.17) is 4.74 Å². The van der Waals surface area contributed by atoms with Crippen LogP contribution >= 0.6 is 0 Å². The van der Waals surface area contributed by atoms with Gasteiger partial charge in [0.1, 0.15) is 6.61 Å². The first kappa shape index (κ1) is 22.8. The third kappa shape index (κ3) is 3.96. The van der Waals surface area contributed by atoms with Gasteiger partial charge in [0.05, 0.1) is 17.3 Å². The number of piperidine rings is 1. The second-order valence-corrected chi connectivity index (χ2v) is 9.69. The lowest BCUT2D eigenvalue weighted by molar-refractivity contribution is -0.137. The predicted octanol–water partition coefficient (Wildman–Crippen LogP) is 7.06. The van der Waals surface area contributed by atoms with E-state index in [-0.39, 0.29) is 30.7 Å². The highest BCUT2D eigenvalue weighted by molar-refractivity contribution is 5.79. The van der Waals surface area contributed by atoms with Crippen molar-refractivity contribution in [2.75, 3.05) is 6.61 Å². The molecular formula is C29H25F3N2O2. The molecule has 3 aromatic rings. The Hall–Kier alpha value is -3.61. The van der Waals surface area contributed by atoms with Crippen molar-refractivity contribution in [1.29, 1.82) is 0 Å². The Morgan fingerprint density at radius 3 is 2.28 bits per heavy atom. The average Bonchev–Trinajstić information content (AvgIpc) is 3.20. The quantitative estimate of drug-likeness (QED) is 0.395. The van der Waals surface area contributed by atoms with Crippen LogP contribution in [-0.2, 0) is 10.9 Å². The molecule has 1 fully saturated rings. The molecule has 3 aliphatic rings. The van der Waals surface area contributed by atoms with E-state index in [1.54, 1.807) is 0 Å². The lowest BCUT2D eigenvalue weighted by atomic mass is 9.84. The number of rotatable bonds is 3. The number of nitrogens with zero attached hydrogens (tertiary/aromatic N) is 2. The van der Waals surface area contributed by atoms with Gasteiger partial charge in [-0.2, -0.15) is 13.2 Å². The van der Waals surface area contributed by atoms with E-state index in [0.29, 0.717) is 12.1 Å². The maximum Gasteiger partial charge on any atom is 0.417 e. The van der Waals surface area contributed by atoms with E-state index in [0.717, 1.165) is 37.1 Å². The van der Waals surface area contributed by atoms with E-state index in [2.05, 4.69) is 29.2 Å². The SMILES string of the molecule is O=C(OCC1c2ccccc2-c2ccccc21)N1C2C=C(c3ccc(C(F)(F)F)cn3)CC1CCC2. The molecule has 0 N–H and O–H groups in total. The van der Waals surface area contributed by atoms with Gasteiger partial charge >= 0.3 is 12.3 Å². The van der Waals surface area contributed by atoms with E-state index in [1.807, 2.05) is 35.2 Å². The van der Waals surface area contributed by atoms with Gasteiger partial charge in [0, 0.05) is 18.2 Å². The molecule has 1 amide bonds. The largest absolute Gasteiger partial charge is 0.448 e. The molecule has 0 saturated carbocycles. The standard InChI is InChI=1S/C29H25F3N2O2/c30-29(31,32)19-12-13-27(33-16-19)18-14-20-6-5-7-21(15-18)34(20)28(35)36-17-26-24-10-3-1-8-22(24)23-9-2-4-11-25(23)26/h1-4,8-14,16,20-21,26H,5-7,15,17H2. The van der Waals surface area contributed by atoms with Crippen molar-refractivity contribution in [3.05, 3.63) is 95.3 Å². The lowest BCUT2D eigenvalue weighted by Crippen LogP contribution is -2.52. The van der Waals surface area contributed by atoms with E-state index < -0.39 is 11.7 Å². The number of alkyl halides is 3. The number of halogens is 3. The Labute approximate surface area is 207 Å². The summed E-state index contributed by atoms with van der Waals surface area (Å²) in [7, 11) is 0. The van der Waals surface area contributed by atoms with Gasteiger partial charge in [-0.1, -0.05) is 54.6 Å². The molecular weight excluding hydrogens is 465 g/mol. The number of amides is 1. The van der Waals surface area contributed by atoms with Crippen LogP contribution in [0.25, 0.3) is 16.7 Å². The van der Waals surface area contributed by atoms with Crippen LogP contribution < -0.4 is 0 Å². The van der Waals surface area contributed by atoms with Crippen molar-refractivity contribution < 1.29 is 22.7 Å². The van der Waals surface area contributed by atoms with Crippen molar-refractivity contribution in [1.82, 2.24) is 9.88 Å². The Bertz CT molecular complexity index is 1290. The fraction of sp³-hybridized carbons (Fsp3) is 0.310. The van der Waals surface area contributed by atoms with Crippen molar-refractivity contribution in [2.45, 2.75) is 49.9 Å². The maximum absolute atomic E-state index is 13.3. The molecule has 7 heteroatoms. The fourth-order valence-corrected chi connectivity index (χ4v) is 5.92. The van der Waals surface area contributed by atoms with E-state index in [1.165, 1.54) is 28.3 Å². The van der Waals surface area contributed by atoms with Crippen LogP contribution in [0.3, 0.4) is 0 Å². The molecule has 1 aromatic heterocycles. The second kappa shape index (κ2) is 8.80. The van der Waals surface area contributed by atoms with Gasteiger partial charge < -0.3 is 4.74 Å². The van der Waals surface area contributed by atoms with Crippen molar-refractivity contribution in [3.63, 3.8) is 0 Å². The molecule has 3 heterocycles. The molecule has 36 heavy (non-hydrogen) atoms. The summed E-state index contributed by atoms with van der Waals surface area (Å²) in [4.78, 5) is 19.2. The molecule has 0 radical (unpaired) electrons. The number of aromatic nitrogens is 1. The Balaban J connectivity index is 1.20. The summed E-state index contributed by atoms with van der Waals surface area (Å²) in [6.45, 7) is 0.264. The molecule has 2 unspecified atom stereocenters. The minimum Gasteiger partial charge on any atom is -0.448 e. The number of benzene rings is 2. The van der Waals surface area contributed by atoms with Crippen LogP contribution in [0.2, 0.25) is 0 Å². The minimum absolute atomic E-state index is 0.00608. The van der Waals surface area contributed by atoms with Gasteiger partial charge in [0.15, 0.2) is 0 Å². The third-order valence-corrected chi connectivity index (χ3v) is 7.60. The first-order valence-corrected chi connectivity index (χ1v) is 12.3. The first-order chi connectivity index (χ1) is 17.4. The van der Waals surface area contributed by atoms with Crippen LogP contribution in [0.1, 0.15) is 54.0 Å². The summed E-state index contributed by atoms with van der Waals surface area (Å²) in [5.74, 6) is -0.00608. The van der Waals surface area contributed by atoms with Gasteiger partial charge in [-0.3, -0.25) is 9.88 Å². The van der Waals surface area contributed by atoms with Crippen molar-refractivity contribution in [3.8, 4) is 11.1 Å². The normalized spacial score (nSPS) is 21.0. The molecule has 1 saturated heterocycles. The molecule has 4 nitrogen and oxygen atoms in total. The molecule has 2 atom stereocenters. The molecule has 0 spiro atoms. The van der Waals surface area contributed by atoms with E-state index in [9.17, 15) is 18.0 Å². The number of carbonyl (C=O) groups excluding carboxylic acids is 1. The topological polar surface area (TPSA) is 42.4 Å². The van der Waals surface area contributed by atoms with Gasteiger partial charge in [-0.05, 0) is 65.6 Å². The smallest absolute Gasteiger partial charge is 0.417 e. The average molecular weight is 491 g/mol. The minimum atomic E-state index is -4.41. The van der Waals surface area contributed by atoms with Crippen LogP contribution in [0.15, 0.2) is 72.9 Å². The zero-order valence-electron chi connectivity index (χ0n) is 19.5. The maximum atomic E-state index is 13.3. The first-order valence-electron chi connectivity index (χ1n) is 12.3. The van der Waals surface area contributed by atoms with Gasteiger partial charge in [0.2, 0.25) is 0 Å².